The molecular formula is C23H26N4O5S. The zero-order valence-electron chi connectivity index (χ0n) is 18.6. The first kappa shape index (κ1) is 22.8. The van der Waals surface area contributed by atoms with E-state index in [4.69, 9.17) is 9.47 Å². The van der Waals surface area contributed by atoms with Crippen LogP contribution in [0.25, 0.3) is 11.0 Å². The Morgan fingerprint density at radius 2 is 1.97 bits per heavy atom. The minimum absolute atomic E-state index is 0.186. The number of ether oxygens (including phenoxy) is 2. The molecular weight excluding hydrogens is 444 g/mol. The van der Waals surface area contributed by atoms with Gasteiger partial charge in [-0.1, -0.05) is 6.08 Å². The van der Waals surface area contributed by atoms with Gasteiger partial charge in [-0.3, -0.25) is 4.79 Å². The van der Waals surface area contributed by atoms with Crippen molar-refractivity contribution in [2.75, 3.05) is 40.4 Å². The van der Waals surface area contributed by atoms with Crippen molar-refractivity contribution in [3.05, 3.63) is 60.4 Å². The summed E-state index contributed by atoms with van der Waals surface area (Å²) in [6.07, 6.45) is 5.32. The molecule has 1 aliphatic rings. The number of H-pyrrole nitrogens is 1. The fraction of sp³-hybridized carbons (Fsp3) is 0.304. The van der Waals surface area contributed by atoms with Crippen LogP contribution in [0.1, 0.15) is 15.9 Å². The number of rotatable bonds is 7. The first-order chi connectivity index (χ1) is 15.9. The number of pyridine rings is 1. The molecule has 0 atom stereocenters. The fourth-order valence-corrected chi connectivity index (χ4v) is 5.64. The average molecular weight is 471 g/mol. The number of hydrogen-bond acceptors (Lipinski definition) is 6. The number of hydrogen-bond donors (Lipinski definition) is 1. The highest BCUT2D eigenvalue weighted by molar-refractivity contribution is 7.89. The van der Waals surface area contributed by atoms with E-state index < -0.39 is 10.0 Å². The third-order valence-electron chi connectivity index (χ3n) is 5.72. The predicted octanol–water partition coefficient (Wildman–Crippen LogP) is 2.46. The Labute approximate surface area is 192 Å². The molecule has 0 unspecified atom stereocenters. The van der Waals surface area contributed by atoms with Gasteiger partial charge >= 0.3 is 0 Å². The second-order valence-corrected chi connectivity index (χ2v) is 9.52. The number of fused-ring (bicyclic) bond motifs is 1. The van der Waals surface area contributed by atoms with Crippen LogP contribution in [0.4, 0.5) is 0 Å². The molecule has 1 fully saturated rings. The van der Waals surface area contributed by atoms with Gasteiger partial charge in [0.1, 0.15) is 10.5 Å². The van der Waals surface area contributed by atoms with E-state index >= 15 is 0 Å². The van der Waals surface area contributed by atoms with Gasteiger partial charge in [0.15, 0.2) is 11.5 Å². The van der Waals surface area contributed by atoms with E-state index in [2.05, 4.69) is 16.5 Å². The van der Waals surface area contributed by atoms with Crippen molar-refractivity contribution in [3.63, 3.8) is 0 Å². The summed E-state index contributed by atoms with van der Waals surface area (Å²) in [5.74, 6) is 0.849. The molecule has 1 aliphatic heterocycles. The molecule has 1 N–H and O–H groups in total. The minimum Gasteiger partial charge on any atom is -0.493 e. The van der Waals surface area contributed by atoms with Crippen LogP contribution >= 0.6 is 0 Å². The van der Waals surface area contributed by atoms with Crippen LogP contribution in [-0.4, -0.2) is 73.9 Å². The molecule has 0 saturated carbocycles. The summed E-state index contributed by atoms with van der Waals surface area (Å²) < 4.78 is 38.7. The number of aromatic nitrogens is 2. The first-order valence-corrected chi connectivity index (χ1v) is 11.9. The quantitative estimate of drug-likeness (QED) is 0.532. The molecule has 0 radical (unpaired) electrons. The molecule has 0 aliphatic carbocycles. The summed E-state index contributed by atoms with van der Waals surface area (Å²) in [6, 6.07) is 6.85. The number of sulfonamides is 1. The Morgan fingerprint density at radius 1 is 1.21 bits per heavy atom. The van der Waals surface area contributed by atoms with E-state index in [1.54, 1.807) is 48.5 Å². The Morgan fingerprint density at radius 3 is 2.64 bits per heavy atom. The number of allylic oxidation sites excluding steroid dienone is 1. The molecule has 4 rings (SSSR count). The fourth-order valence-electron chi connectivity index (χ4n) is 4.07. The number of benzene rings is 1. The Bertz CT molecular complexity index is 1290. The lowest BCUT2D eigenvalue weighted by Gasteiger charge is -2.34. The Hall–Kier alpha value is -3.37. The van der Waals surface area contributed by atoms with Crippen LogP contribution in [0.15, 0.2) is 54.2 Å². The van der Waals surface area contributed by atoms with Crippen molar-refractivity contribution >= 4 is 27.0 Å². The zero-order valence-corrected chi connectivity index (χ0v) is 19.4. The number of methoxy groups -OCH3 is 2. The van der Waals surface area contributed by atoms with Gasteiger partial charge in [0.05, 0.1) is 14.2 Å². The minimum atomic E-state index is -3.72. The van der Waals surface area contributed by atoms with Crippen molar-refractivity contribution in [2.45, 2.75) is 11.3 Å². The maximum atomic E-state index is 13.2. The highest BCUT2D eigenvalue weighted by Gasteiger charge is 2.32. The van der Waals surface area contributed by atoms with E-state index in [0.29, 0.717) is 34.5 Å². The number of aromatic amines is 1. The molecule has 1 aromatic carbocycles. The monoisotopic (exact) mass is 470 g/mol. The number of piperazine rings is 1. The van der Waals surface area contributed by atoms with E-state index in [1.165, 1.54) is 17.6 Å². The van der Waals surface area contributed by atoms with Gasteiger partial charge in [0.2, 0.25) is 10.0 Å². The van der Waals surface area contributed by atoms with Crippen LogP contribution in [0.2, 0.25) is 0 Å². The average Bonchev–Trinajstić information content (AvgIpc) is 3.28. The van der Waals surface area contributed by atoms with Gasteiger partial charge < -0.3 is 19.4 Å². The number of carbonyl (C=O) groups excluding carboxylic acids is 1. The van der Waals surface area contributed by atoms with Gasteiger partial charge in [-0.15, -0.1) is 6.58 Å². The normalized spacial score (nSPS) is 14.9. The molecule has 2 aromatic heterocycles. The van der Waals surface area contributed by atoms with E-state index in [-0.39, 0.29) is 37.0 Å². The number of nitrogens with zero attached hydrogens (tertiary/aromatic N) is 3. The number of nitrogens with one attached hydrogen (secondary N) is 1. The van der Waals surface area contributed by atoms with Crippen molar-refractivity contribution in [3.8, 4) is 11.5 Å². The third kappa shape index (κ3) is 4.19. The van der Waals surface area contributed by atoms with Gasteiger partial charge in [-0.05, 0) is 30.7 Å². The summed E-state index contributed by atoms with van der Waals surface area (Å²) in [5, 5.41) is 0.552. The van der Waals surface area contributed by atoms with Crippen LogP contribution in [0, 0.1) is 0 Å². The number of amides is 1. The lowest BCUT2D eigenvalue weighted by Crippen LogP contribution is -2.50. The maximum Gasteiger partial charge on any atom is 0.254 e. The second-order valence-electron chi connectivity index (χ2n) is 7.61. The van der Waals surface area contributed by atoms with Gasteiger partial charge in [0.25, 0.3) is 5.91 Å². The topological polar surface area (TPSA) is 105 Å². The molecule has 33 heavy (non-hydrogen) atoms. The van der Waals surface area contributed by atoms with Gasteiger partial charge in [-0.2, -0.15) is 4.31 Å². The standard InChI is InChI=1S/C23H26N4O5S/c1-4-6-16-13-17(14-19(31-2)21(16)32-3)23(28)26-9-11-27(12-10-26)33(29,30)20-15-25-22-18(20)7-5-8-24-22/h4-5,7-8,13-15H,1,6,9-12H2,2-3H3,(H,24,25). The molecule has 1 amide bonds. The molecule has 3 aromatic rings. The molecule has 0 bridgehead atoms. The van der Waals surface area contributed by atoms with Crippen molar-refractivity contribution in [1.29, 1.82) is 0 Å². The smallest absolute Gasteiger partial charge is 0.254 e. The van der Waals surface area contributed by atoms with Crippen molar-refractivity contribution < 1.29 is 22.7 Å². The third-order valence-corrected chi connectivity index (χ3v) is 7.66. The van der Waals surface area contributed by atoms with Crippen molar-refractivity contribution in [2.24, 2.45) is 0 Å². The molecule has 9 nitrogen and oxygen atoms in total. The second kappa shape index (κ2) is 9.24. The van der Waals surface area contributed by atoms with Crippen LogP contribution < -0.4 is 9.47 Å². The highest BCUT2D eigenvalue weighted by atomic mass is 32.2. The molecule has 10 heteroatoms. The lowest BCUT2D eigenvalue weighted by molar-refractivity contribution is 0.0697. The summed E-state index contributed by atoms with van der Waals surface area (Å²) in [7, 11) is -0.644. The van der Waals surface area contributed by atoms with Crippen molar-refractivity contribution in [1.82, 2.24) is 19.2 Å². The van der Waals surface area contributed by atoms with Gasteiger partial charge in [-0.25, -0.2) is 13.4 Å². The molecule has 1 saturated heterocycles. The molecule has 174 valence electrons. The Balaban J connectivity index is 1.52. The Kier molecular flexibility index (Phi) is 6.39. The van der Waals surface area contributed by atoms with Gasteiger partial charge in [0, 0.05) is 55.1 Å². The molecule has 3 heterocycles. The summed E-state index contributed by atoms with van der Waals surface area (Å²) >= 11 is 0. The van der Waals surface area contributed by atoms with Crippen LogP contribution in [0.3, 0.4) is 0 Å². The van der Waals surface area contributed by atoms with E-state index in [1.807, 2.05) is 0 Å². The maximum absolute atomic E-state index is 13.2. The summed E-state index contributed by atoms with van der Waals surface area (Å²) in [4.78, 5) is 22.1. The highest BCUT2D eigenvalue weighted by Crippen LogP contribution is 2.34. The molecule has 0 spiro atoms. The van der Waals surface area contributed by atoms with E-state index in [9.17, 15) is 13.2 Å². The predicted molar refractivity (Wildman–Crippen MR) is 124 cm³/mol. The number of carbonyl (C=O) groups is 1. The zero-order chi connectivity index (χ0) is 23.6. The van der Waals surface area contributed by atoms with Crippen LogP contribution in [-0.2, 0) is 16.4 Å². The summed E-state index contributed by atoms with van der Waals surface area (Å²) in [6.45, 7) is 4.73. The SMILES string of the molecule is C=CCc1cc(C(=O)N2CCN(S(=O)(=O)c3c[nH]c4ncccc34)CC2)cc(OC)c1OC. The van der Waals surface area contributed by atoms with Crippen LogP contribution in [0.5, 0.6) is 11.5 Å². The lowest BCUT2D eigenvalue weighted by atomic mass is 10.0. The summed E-state index contributed by atoms with van der Waals surface area (Å²) in [5.41, 5.74) is 1.78. The largest absolute Gasteiger partial charge is 0.493 e. The van der Waals surface area contributed by atoms with E-state index in [0.717, 1.165) is 5.56 Å². The first-order valence-electron chi connectivity index (χ1n) is 10.5.